The molecule has 1 aliphatic heterocycles. The van der Waals surface area contributed by atoms with Crippen LogP contribution in [0.4, 0.5) is 11.4 Å². The van der Waals surface area contributed by atoms with Gasteiger partial charge in [-0.3, -0.25) is 9.59 Å². The number of anilines is 2. The average Bonchev–Trinajstić information content (AvgIpc) is 2.93. The average molecular weight is 500 g/mol. The molecule has 3 atom stereocenters. The highest BCUT2D eigenvalue weighted by Crippen LogP contribution is 2.32. The molecule has 2 fully saturated rings. The largest absolute Gasteiger partial charge is 0.385 e. The number of hydrogen-bond donors (Lipinski definition) is 2. The van der Waals surface area contributed by atoms with Gasteiger partial charge in [-0.25, -0.2) is 0 Å². The first-order chi connectivity index (χ1) is 17.6. The van der Waals surface area contributed by atoms with Gasteiger partial charge in [0.1, 0.15) is 23.6 Å². The van der Waals surface area contributed by atoms with Gasteiger partial charge in [0.05, 0.1) is 6.61 Å². The molecule has 0 amide bonds. The Morgan fingerprint density at radius 2 is 1.89 bits per heavy atom. The lowest BCUT2D eigenvalue weighted by molar-refractivity contribution is -0.0829. The lowest BCUT2D eigenvalue weighted by Gasteiger charge is -2.39. The molecule has 1 saturated heterocycles. The Hall–Kier alpha value is -2.26. The fourth-order valence-electron chi connectivity index (χ4n) is 5.59. The van der Waals surface area contributed by atoms with Crippen LogP contribution in [0.2, 0.25) is 0 Å². The quantitative estimate of drug-likeness (QED) is 0.320. The molecule has 1 heterocycles. The van der Waals surface area contributed by atoms with Crippen molar-refractivity contribution in [1.29, 1.82) is 0 Å². The van der Waals surface area contributed by atoms with Crippen molar-refractivity contribution in [3.8, 4) is 0 Å². The number of nitrogens with zero attached hydrogens (tertiary/aromatic N) is 1. The van der Waals surface area contributed by atoms with Crippen LogP contribution in [0.5, 0.6) is 0 Å². The second-order valence-corrected chi connectivity index (χ2v) is 10.1. The van der Waals surface area contributed by atoms with E-state index in [-0.39, 0.29) is 18.2 Å². The SMILES string of the molecule is COCCCO[C@@H](c1ccccc1)C1CN(c2c(NC(CN)CC3CCCCC3)c(=O)c2=O)CCO1. The summed E-state index contributed by atoms with van der Waals surface area (Å²) in [5, 5.41) is 3.36. The smallest absolute Gasteiger partial charge is 0.253 e. The van der Waals surface area contributed by atoms with E-state index in [0.717, 1.165) is 18.4 Å². The zero-order chi connectivity index (χ0) is 25.3. The number of rotatable bonds is 13. The number of ether oxygens (including phenoxy) is 3. The predicted octanol–water partition coefficient (Wildman–Crippen LogP) is 2.99. The van der Waals surface area contributed by atoms with Crippen LogP contribution in [0.15, 0.2) is 39.9 Å². The highest BCUT2D eigenvalue weighted by molar-refractivity contribution is 5.75. The fraction of sp³-hybridized carbons (Fsp3) is 0.643. The van der Waals surface area contributed by atoms with Gasteiger partial charge in [-0.05, 0) is 24.3 Å². The molecule has 0 spiro atoms. The molecule has 4 rings (SSSR count). The Labute approximate surface area is 213 Å². The van der Waals surface area contributed by atoms with Gasteiger partial charge in [0.2, 0.25) is 0 Å². The first-order valence-corrected chi connectivity index (χ1v) is 13.4. The van der Waals surface area contributed by atoms with Gasteiger partial charge in [0.25, 0.3) is 10.9 Å². The van der Waals surface area contributed by atoms with Crippen LogP contribution in [-0.2, 0) is 14.2 Å². The van der Waals surface area contributed by atoms with Gasteiger partial charge < -0.3 is 30.2 Å². The van der Waals surface area contributed by atoms with Gasteiger partial charge in [0, 0.05) is 46.0 Å². The summed E-state index contributed by atoms with van der Waals surface area (Å²) < 4.78 is 17.6. The lowest BCUT2D eigenvalue weighted by atomic mass is 9.84. The maximum absolute atomic E-state index is 12.7. The topological polar surface area (TPSA) is 103 Å². The summed E-state index contributed by atoms with van der Waals surface area (Å²) in [4.78, 5) is 27.3. The zero-order valence-corrected chi connectivity index (χ0v) is 21.5. The summed E-state index contributed by atoms with van der Waals surface area (Å²) in [6.45, 7) is 3.08. The van der Waals surface area contributed by atoms with Crippen LogP contribution in [0, 0.1) is 5.92 Å². The molecule has 36 heavy (non-hydrogen) atoms. The summed E-state index contributed by atoms with van der Waals surface area (Å²) in [7, 11) is 1.68. The summed E-state index contributed by atoms with van der Waals surface area (Å²) >= 11 is 0. The van der Waals surface area contributed by atoms with E-state index in [1.165, 1.54) is 32.1 Å². The van der Waals surface area contributed by atoms with Gasteiger partial charge >= 0.3 is 0 Å². The highest BCUT2D eigenvalue weighted by atomic mass is 16.5. The predicted molar refractivity (Wildman–Crippen MR) is 143 cm³/mol. The Bertz CT molecular complexity index is 1000. The van der Waals surface area contributed by atoms with E-state index < -0.39 is 10.9 Å². The normalized spacial score (nSPS) is 20.9. The summed E-state index contributed by atoms with van der Waals surface area (Å²) in [5.74, 6) is 0.629. The summed E-state index contributed by atoms with van der Waals surface area (Å²) in [6, 6.07) is 10.0. The van der Waals surface area contributed by atoms with Crippen molar-refractivity contribution in [3.63, 3.8) is 0 Å². The first kappa shape index (κ1) is 26.8. The van der Waals surface area contributed by atoms with Crippen LogP contribution in [-0.4, -0.2) is 58.7 Å². The van der Waals surface area contributed by atoms with Crippen LogP contribution < -0.4 is 26.8 Å². The Kier molecular flexibility index (Phi) is 9.92. The second-order valence-electron chi connectivity index (χ2n) is 10.1. The molecule has 8 nitrogen and oxygen atoms in total. The number of hydrogen-bond acceptors (Lipinski definition) is 8. The van der Waals surface area contributed by atoms with Gasteiger partial charge in [-0.2, -0.15) is 0 Å². The molecule has 2 aromatic carbocycles. The minimum absolute atomic E-state index is 0.00632. The van der Waals surface area contributed by atoms with E-state index in [0.29, 0.717) is 56.7 Å². The maximum atomic E-state index is 12.7. The molecule has 0 bridgehead atoms. The molecular formula is C28H41N3O5. The van der Waals surface area contributed by atoms with Crippen molar-refractivity contribution in [1.82, 2.24) is 0 Å². The molecular weight excluding hydrogens is 458 g/mol. The number of methoxy groups -OCH3 is 1. The number of benzene rings is 1. The Morgan fingerprint density at radius 1 is 1.11 bits per heavy atom. The molecule has 3 N–H and O–H groups in total. The molecule has 0 radical (unpaired) electrons. The van der Waals surface area contributed by atoms with Crippen molar-refractivity contribution in [3.05, 3.63) is 56.3 Å². The third kappa shape index (κ3) is 6.54. The van der Waals surface area contributed by atoms with Gasteiger partial charge in [0.15, 0.2) is 0 Å². The lowest BCUT2D eigenvalue weighted by Crippen LogP contribution is -2.52. The van der Waals surface area contributed by atoms with Crippen molar-refractivity contribution in [2.45, 2.75) is 63.2 Å². The number of nitrogens with one attached hydrogen (secondary N) is 1. The molecule has 198 valence electrons. The molecule has 0 aromatic heterocycles. The van der Waals surface area contributed by atoms with E-state index in [1.54, 1.807) is 7.11 Å². The first-order valence-electron chi connectivity index (χ1n) is 13.4. The summed E-state index contributed by atoms with van der Waals surface area (Å²) in [5.41, 5.74) is 7.13. The van der Waals surface area contributed by atoms with Crippen molar-refractivity contribution >= 4 is 11.4 Å². The van der Waals surface area contributed by atoms with Gasteiger partial charge in [-0.1, -0.05) is 62.4 Å². The van der Waals surface area contributed by atoms with E-state index >= 15 is 0 Å². The van der Waals surface area contributed by atoms with Crippen molar-refractivity contribution in [2.75, 3.05) is 56.8 Å². The molecule has 1 aliphatic carbocycles. The van der Waals surface area contributed by atoms with Crippen molar-refractivity contribution in [2.24, 2.45) is 11.7 Å². The molecule has 2 unspecified atom stereocenters. The molecule has 8 heteroatoms. The van der Waals surface area contributed by atoms with Gasteiger partial charge in [-0.15, -0.1) is 0 Å². The van der Waals surface area contributed by atoms with Crippen LogP contribution in [0.1, 0.15) is 56.6 Å². The molecule has 2 aromatic rings. The van der Waals surface area contributed by atoms with Crippen LogP contribution in [0.25, 0.3) is 0 Å². The Morgan fingerprint density at radius 3 is 2.61 bits per heavy atom. The standard InChI is InChI=1S/C28H41N3O5/c1-34-14-8-15-36-28(21-11-6-3-7-12-21)23-19-31(13-16-35-23)25-24(26(32)27(25)33)30-22(18-29)17-20-9-4-2-5-10-20/h3,6-7,11-12,20,22-23,28,30H,2,4-5,8-10,13-19,29H2,1H3/t22?,23?,28-/m0/s1. The fourth-order valence-corrected chi connectivity index (χ4v) is 5.59. The maximum Gasteiger partial charge on any atom is 0.253 e. The number of nitrogens with two attached hydrogens (primary N) is 1. The second kappa shape index (κ2) is 13.3. The van der Waals surface area contributed by atoms with E-state index in [2.05, 4.69) is 5.32 Å². The third-order valence-corrected chi connectivity index (χ3v) is 7.53. The minimum atomic E-state index is -0.439. The monoisotopic (exact) mass is 499 g/mol. The van der Waals surface area contributed by atoms with Crippen LogP contribution in [0.3, 0.4) is 0 Å². The number of morpholine rings is 1. The third-order valence-electron chi connectivity index (χ3n) is 7.53. The minimum Gasteiger partial charge on any atom is -0.385 e. The van der Waals surface area contributed by atoms with E-state index in [1.807, 2.05) is 35.2 Å². The highest BCUT2D eigenvalue weighted by Gasteiger charge is 2.35. The zero-order valence-electron chi connectivity index (χ0n) is 21.5. The Balaban J connectivity index is 1.46. The van der Waals surface area contributed by atoms with Crippen LogP contribution >= 0.6 is 0 Å². The van der Waals surface area contributed by atoms with E-state index in [4.69, 9.17) is 19.9 Å². The molecule has 1 saturated carbocycles. The summed E-state index contributed by atoms with van der Waals surface area (Å²) in [6.07, 6.45) is 7.43. The van der Waals surface area contributed by atoms with Crippen molar-refractivity contribution < 1.29 is 14.2 Å². The molecule has 2 aliphatic rings. The van der Waals surface area contributed by atoms with E-state index in [9.17, 15) is 9.59 Å².